The van der Waals surface area contributed by atoms with Gasteiger partial charge in [0.25, 0.3) is 5.91 Å². The van der Waals surface area contributed by atoms with Gasteiger partial charge >= 0.3 is 0 Å². The Morgan fingerprint density at radius 3 is 2.65 bits per heavy atom. The molecular formula is C16H24N2O2. The molecule has 0 radical (unpaired) electrons. The van der Waals surface area contributed by atoms with Crippen LogP contribution in [0.4, 0.5) is 0 Å². The number of amides is 1. The van der Waals surface area contributed by atoms with Gasteiger partial charge in [0.2, 0.25) is 0 Å². The summed E-state index contributed by atoms with van der Waals surface area (Å²) in [5.41, 5.74) is 6.99. The second kappa shape index (κ2) is 6.75. The third-order valence-electron chi connectivity index (χ3n) is 4.03. The summed E-state index contributed by atoms with van der Waals surface area (Å²) in [4.78, 5) is 14.5. The van der Waals surface area contributed by atoms with E-state index in [9.17, 15) is 9.90 Å². The van der Waals surface area contributed by atoms with Crippen molar-refractivity contribution in [1.29, 1.82) is 0 Å². The summed E-state index contributed by atoms with van der Waals surface area (Å²) in [6, 6.07) is 5.46. The van der Waals surface area contributed by atoms with E-state index in [1.54, 1.807) is 12.1 Å². The van der Waals surface area contributed by atoms with E-state index in [1.165, 1.54) is 19.3 Å². The predicted octanol–water partition coefficient (Wildman–Crippen LogP) is 2.43. The second-order valence-corrected chi connectivity index (χ2v) is 5.60. The van der Waals surface area contributed by atoms with E-state index in [4.69, 9.17) is 5.73 Å². The van der Waals surface area contributed by atoms with Crippen LogP contribution in [0.1, 0.15) is 48.0 Å². The molecule has 1 fully saturated rings. The first-order valence-corrected chi connectivity index (χ1v) is 7.44. The minimum Gasteiger partial charge on any atom is -0.507 e. The van der Waals surface area contributed by atoms with Crippen LogP contribution in [0.2, 0.25) is 0 Å². The minimum absolute atomic E-state index is 0.0628. The maximum Gasteiger partial charge on any atom is 0.257 e. The number of phenolic OH excluding ortho intramolecular Hbond substituents is 1. The van der Waals surface area contributed by atoms with Crippen molar-refractivity contribution in [2.75, 3.05) is 13.1 Å². The van der Waals surface area contributed by atoms with E-state index in [2.05, 4.69) is 0 Å². The van der Waals surface area contributed by atoms with Gasteiger partial charge in [-0.3, -0.25) is 4.79 Å². The molecule has 1 aliphatic rings. The van der Waals surface area contributed by atoms with Crippen molar-refractivity contribution in [3.63, 3.8) is 0 Å². The molecule has 3 N–H and O–H groups in total. The Morgan fingerprint density at radius 1 is 1.35 bits per heavy atom. The first kappa shape index (κ1) is 14.9. The van der Waals surface area contributed by atoms with E-state index >= 15 is 0 Å². The highest BCUT2D eigenvalue weighted by Crippen LogP contribution is 2.26. The lowest BCUT2D eigenvalue weighted by atomic mass is 9.93. The Bertz CT molecular complexity index is 468. The van der Waals surface area contributed by atoms with Gasteiger partial charge in [-0.15, -0.1) is 0 Å². The van der Waals surface area contributed by atoms with Crippen molar-refractivity contribution in [2.45, 2.75) is 45.1 Å². The molecule has 0 bridgehead atoms. The largest absolute Gasteiger partial charge is 0.507 e. The lowest BCUT2D eigenvalue weighted by Crippen LogP contribution is -2.44. The molecule has 1 aromatic carbocycles. The number of aromatic hydroxyl groups is 1. The van der Waals surface area contributed by atoms with E-state index < -0.39 is 0 Å². The van der Waals surface area contributed by atoms with Crippen LogP contribution in [0, 0.1) is 6.92 Å². The fourth-order valence-electron chi connectivity index (χ4n) is 2.96. The topological polar surface area (TPSA) is 66.6 Å². The van der Waals surface area contributed by atoms with Gasteiger partial charge in [0.15, 0.2) is 0 Å². The Labute approximate surface area is 120 Å². The van der Waals surface area contributed by atoms with Crippen molar-refractivity contribution in [1.82, 2.24) is 4.90 Å². The Balaban J connectivity index is 2.21. The Morgan fingerprint density at radius 2 is 2.05 bits per heavy atom. The van der Waals surface area contributed by atoms with Gasteiger partial charge in [-0.2, -0.15) is 0 Å². The number of carbonyl (C=O) groups is 1. The third kappa shape index (κ3) is 3.31. The molecule has 0 spiro atoms. The molecule has 110 valence electrons. The molecule has 2 rings (SSSR count). The molecule has 0 aromatic heterocycles. The van der Waals surface area contributed by atoms with Gasteiger partial charge in [-0.25, -0.2) is 0 Å². The number of carbonyl (C=O) groups excluding carboxylic acids is 1. The highest BCUT2D eigenvalue weighted by Gasteiger charge is 2.27. The van der Waals surface area contributed by atoms with Gasteiger partial charge < -0.3 is 15.7 Å². The molecule has 0 unspecified atom stereocenters. The average Bonchev–Trinajstić information content (AvgIpc) is 2.45. The SMILES string of the molecule is Cc1ccc(C(=O)N(CCN)C2CCCCC2)c(O)c1. The summed E-state index contributed by atoms with van der Waals surface area (Å²) in [7, 11) is 0. The molecule has 4 heteroatoms. The van der Waals surface area contributed by atoms with E-state index in [0.717, 1.165) is 18.4 Å². The quantitative estimate of drug-likeness (QED) is 0.887. The molecule has 1 saturated carbocycles. The number of hydrogen-bond donors (Lipinski definition) is 2. The number of benzene rings is 1. The number of nitrogens with two attached hydrogens (primary N) is 1. The third-order valence-corrected chi connectivity index (χ3v) is 4.03. The van der Waals surface area contributed by atoms with Crippen LogP contribution >= 0.6 is 0 Å². The van der Waals surface area contributed by atoms with Crippen LogP contribution in [-0.2, 0) is 0 Å². The van der Waals surface area contributed by atoms with Crippen LogP contribution in [0.5, 0.6) is 5.75 Å². The Hall–Kier alpha value is -1.55. The summed E-state index contributed by atoms with van der Waals surface area (Å²) in [6.07, 6.45) is 5.66. The van der Waals surface area contributed by atoms with Crippen molar-refractivity contribution in [3.8, 4) is 5.75 Å². The fourth-order valence-corrected chi connectivity index (χ4v) is 2.96. The molecular weight excluding hydrogens is 252 g/mol. The number of rotatable bonds is 4. The number of hydrogen-bond acceptors (Lipinski definition) is 3. The van der Waals surface area contributed by atoms with Crippen LogP contribution in [0.25, 0.3) is 0 Å². The van der Waals surface area contributed by atoms with Crippen molar-refractivity contribution >= 4 is 5.91 Å². The van der Waals surface area contributed by atoms with Gasteiger partial charge in [0.1, 0.15) is 5.75 Å². The summed E-state index contributed by atoms with van der Waals surface area (Å²) in [5, 5.41) is 10.00. The number of aryl methyl sites for hydroxylation is 1. The molecule has 1 amide bonds. The number of nitrogens with zero attached hydrogens (tertiary/aromatic N) is 1. The zero-order valence-electron chi connectivity index (χ0n) is 12.1. The summed E-state index contributed by atoms with van der Waals surface area (Å²) in [5.74, 6) is -0.0346. The highest BCUT2D eigenvalue weighted by molar-refractivity contribution is 5.97. The van der Waals surface area contributed by atoms with Crippen molar-refractivity contribution in [3.05, 3.63) is 29.3 Å². The van der Waals surface area contributed by atoms with Crippen molar-refractivity contribution in [2.24, 2.45) is 5.73 Å². The van der Waals surface area contributed by atoms with Gasteiger partial charge in [-0.05, 0) is 37.5 Å². The van der Waals surface area contributed by atoms with Crippen LogP contribution in [0.15, 0.2) is 18.2 Å². The Kier molecular flexibility index (Phi) is 5.01. The van der Waals surface area contributed by atoms with E-state index in [1.807, 2.05) is 17.9 Å². The van der Waals surface area contributed by atoms with Gasteiger partial charge in [-0.1, -0.05) is 25.3 Å². The molecule has 0 atom stereocenters. The van der Waals surface area contributed by atoms with Gasteiger partial charge in [0.05, 0.1) is 5.56 Å². The molecule has 0 heterocycles. The molecule has 4 nitrogen and oxygen atoms in total. The fraction of sp³-hybridized carbons (Fsp3) is 0.562. The lowest BCUT2D eigenvalue weighted by molar-refractivity contribution is 0.0638. The molecule has 1 aromatic rings. The maximum atomic E-state index is 12.7. The summed E-state index contributed by atoms with van der Waals surface area (Å²) >= 11 is 0. The van der Waals surface area contributed by atoms with Crippen LogP contribution in [-0.4, -0.2) is 35.0 Å². The highest BCUT2D eigenvalue weighted by atomic mass is 16.3. The smallest absolute Gasteiger partial charge is 0.257 e. The molecule has 0 aliphatic heterocycles. The average molecular weight is 276 g/mol. The monoisotopic (exact) mass is 276 g/mol. The zero-order valence-corrected chi connectivity index (χ0v) is 12.1. The van der Waals surface area contributed by atoms with Crippen molar-refractivity contribution < 1.29 is 9.90 Å². The second-order valence-electron chi connectivity index (χ2n) is 5.60. The lowest BCUT2D eigenvalue weighted by Gasteiger charge is -2.34. The molecule has 0 saturated heterocycles. The normalized spacial score (nSPS) is 16.1. The molecule has 1 aliphatic carbocycles. The summed E-state index contributed by atoms with van der Waals surface area (Å²) in [6.45, 7) is 2.90. The molecule has 20 heavy (non-hydrogen) atoms. The van der Waals surface area contributed by atoms with E-state index in [0.29, 0.717) is 18.7 Å². The minimum atomic E-state index is -0.0974. The first-order chi connectivity index (χ1) is 9.63. The summed E-state index contributed by atoms with van der Waals surface area (Å²) < 4.78 is 0. The standard InChI is InChI=1S/C16H24N2O2/c1-12-7-8-14(15(19)11-12)16(20)18(10-9-17)13-5-3-2-4-6-13/h7-8,11,13,19H,2-6,9-10,17H2,1H3. The van der Waals surface area contributed by atoms with Crippen LogP contribution in [0.3, 0.4) is 0 Å². The maximum absolute atomic E-state index is 12.7. The first-order valence-electron chi connectivity index (χ1n) is 7.44. The van der Waals surface area contributed by atoms with Gasteiger partial charge in [0, 0.05) is 19.1 Å². The number of phenols is 1. The zero-order chi connectivity index (χ0) is 14.5. The predicted molar refractivity (Wildman–Crippen MR) is 79.8 cm³/mol. The van der Waals surface area contributed by atoms with E-state index in [-0.39, 0.29) is 17.7 Å². The van der Waals surface area contributed by atoms with Crippen LogP contribution < -0.4 is 5.73 Å².